The van der Waals surface area contributed by atoms with Crippen LogP contribution in [0.1, 0.15) is 50.9 Å². The van der Waals surface area contributed by atoms with Crippen LogP contribution in [0.5, 0.6) is 0 Å². The van der Waals surface area contributed by atoms with E-state index in [9.17, 15) is 19.7 Å². The quantitative estimate of drug-likeness (QED) is 0.307. The number of carbonyl (C=O) groups excluding carboxylic acids is 1. The second-order valence-corrected chi connectivity index (χ2v) is 12.7. The molecular formula is C26H36N7O5P. The fourth-order valence-corrected chi connectivity index (χ4v) is 8.26. The van der Waals surface area contributed by atoms with E-state index in [0.717, 1.165) is 0 Å². The van der Waals surface area contributed by atoms with E-state index in [-0.39, 0.29) is 50.1 Å². The number of carbonyl (C=O) groups is 1. The lowest BCUT2D eigenvalue weighted by Crippen LogP contribution is -2.59. The number of benzene rings is 1. The molecule has 13 heteroatoms. The maximum atomic E-state index is 14.2. The van der Waals surface area contributed by atoms with Gasteiger partial charge in [-0.05, 0) is 27.7 Å². The molecule has 1 aromatic carbocycles. The Hall–Kier alpha value is -2.78. The zero-order valence-corrected chi connectivity index (χ0v) is 23.6. The Bertz CT molecular complexity index is 1240. The Morgan fingerprint density at radius 2 is 2.03 bits per heavy atom. The van der Waals surface area contributed by atoms with Gasteiger partial charge in [0.15, 0.2) is 5.84 Å². The zero-order valence-electron chi connectivity index (χ0n) is 22.7. The smallest absolute Gasteiger partial charge is 0.274 e. The van der Waals surface area contributed by atoms with Crippen molar-refractivity contribution >= 4 is 31.2 Å². The second-order valence-electron chi connectivity index (χ2n) is 10.3. The third-order valence-corrected chi connectivity index (χ3v) is 9.99. The summed E-state index contributed by atoms with van der Waals surface area (Å²) in [4.78, 5) is 28.1. The average molecular weight is 558 g/mol. The second kappa shape index (κ2) is 11.8. The van der Waals surface area contributed by atoms with E-state index in [0.29, 0.717) is 11.4 Å². The molecule has 3 N–H and O–H groups in total. The monoisotopic (exact) mass is 557 g/mol. The van der Waals surface area contributed by atoms with Crippen LogP contribution in [0.4, 0.5) is 0 Å². The van der Waals surface area contributed by atoms with Crippen molar-refractivity contribution in [2.75, 3.05) is 19.4 Å². The van der Waals surface area contributed by atoms with Crippen LogP contribution in [0.3, 0.4) is 0 Å². The van der Waals surface area contributed by atoms with Crippen LogP contribution < -0.4 is 5.73 Å². The molecule has 0 bridgehead atoms. The van der Waals surface area contributed by atoms with E-state index in [4.69, 9.17) is 15.0 Å². The van der Waals surface area contributed by atoms with Gasteiger partial charge in [0.25, 0.3) is 7.52 Å². The standard InChI is InChI=1S/C26H36N7O5P/c1-17(2)33(18(3)4)39(36,12-8-11-27)38-20-13-22(37-21(20)14-34)32-16-30-23-25(32)29-15-31-26(23,28)24(35)19-9-6-5-7-10-19/h5-7,9-10,15,17-18,20-22,34H,8,12-14,16,28H2,1-4H3/t20-,21+,22+,26?,39?/m0/s1. The molecule has 2 unspecified atom stereocenters. The minimum Gasteiger partial charge on any atom is -0.394 e. The number of nitriles is 1. The number of aliphatic imine (C=N–C) groups is 3. The third kappa shape index (κ3) is 5.61. The Morgan fingerprint density at radius 3 is 2.64 bits per heavy atom. The molecular weight excluding hydrogens is 521 g/mol. The molecule has 0 spiro atoms. The number of hydrogen-bond acceptors (Lipinski definition) is 11. The molecule has 12 nitrogen and oxygen atoms in total. The molecule has 5 atom stereocenters. The fourth-order valence-electron chi connectivity index (χ4n) is 5.38. The first-order valence-corrected chi connectivity index (χ1v) is 14.8. The summed E-state index contributed by atoms with van der Waals surface area (Å²) in [7, 11) is -3.46. The van der Waals surface area contributed by atoms with Crippen molar-refractivity contribution in [3.63, 3.8) is 0 Å². The summed E-state index contributed by atoms with van der Waals surface area (Å²) >= 11 is 0. The molecule has 0 radical (unpaired) electrons. The first-order valence-electron chi connectivity index (χ1n) is 13.1. The summed E-state index contributed by atoms with van der Waals surface area (Å²) in [6.07, 6.45) is -0.459. The summed E-state index contributed by atoms with van der Waals surface area (Å²) in [5.41, 5.74) is 5.42. The number of hydrogen-bond donors (Lipinski definition) is 2. The summed E-state index contributed by atoms with van der Waals surface area (Å²) in [5, 5.41) is 19.3. The summed E-state index contributed by atoms with van der Waals surface area (Å²) in [6.45, 7) is 7.49. The lowest BCUT2D eigenvalue weighted by Gasteiger charge is -2.38. The van der Waals surface area contributed by atoms with Gasteiger partial charge in [0.1, 0.15) is 31.1 Å². The highest BCUT2D eigenvalue weighted by atomic mass is 31.2. The lowest BCUT2D eigenvalue weighted by molar-refractivity contribution is -0.0537. The number of aliphatic hydroxyl groups is 1. The summed E-state index contributed by atoms with van der Waals surface area (Å²) < 4.78 is 28.4. The van der Waals surface area contributed by atoms with Gasteiger partial charge in [0.05, 0.1) is 24.9 Å². The predicted octanol–water partition coefficient (Wildman–Crippen LogP) is 2.40. The first kappa shape index (κ1) is 29.2. The number of rotatable bonds is 11. The van der Waals surface area contributed by atoms with E-state index in [1.165, 1.54) is 6.34 Å². The number of Topliss-reactive ketones (excluding diaryl/α,β-unsaturated/α-hetero) is 1. The van der Waals surface area contributed by atoms with Crippen molar-refractivity contribution in [2.24, 2.45) is 20.7 Å². The van der Waals surface area contributed by atoms with Crippen molar-refractivity contribution in [1.29, 1.82) is 5.26 Å². The average Bonchev–Trinajstić information content (AvgIpc) is 3.51. The maximum Gasteiger partial charge on any atom is 0.274 e. The van der Waals surface area contributed by atoms with Crippen LogP contribution in [-0.2, 0) is 13.8 Å². The minimum absolute atomic E-state index is 0.0661. The molecule has 0 aromatic heterocycles. The Balaban J connectivity index is 1.55. The molecule has 3 heterocycles. The molecule has 1 saturated heterocycles. The number of nitrogens with zero attached hydrogens (tertiary/aromatic N) is 6. The number of amidine groups is 1. The van der Waals surface area contributed by atoms with Gasteiger partial charge in [-0.15, -0.1) is 0 Å². The number of aliphatic hydroxyl groups excluding tert-OH is 1. The highest BCUT2D eigenvalue weighted by Gasteiger charge is 2.51. The normalized spacial score (nSPS) is 27.9. The molecule has 210 valence electrons. The van der Waals surface area contributed by atoms with Crippen LogP contribution in [-0.4, -0.2) is 94.0 Å². The van der Waals surface area contributed by atoms with Crippen LogP contribution in [0, 0.1) is 11.3 Å². The summed E-state index contributed by atoms with van der Waals surface area (Å²) in [6, 6.07) is 10.5. The van der Waals surface area contributed by atoms with Gasteiger partial charge in [-0.3, -0.25) is 20.1 Å². The molecule has 1 fully saturated rings. The number of ether oxygens (including phenoxy) is 1. The van der Waals surface area contributed by atoms with Crippen LogP contribution in [0.25, 0.3) is 0 Å². The number of nitrogens with two attached hydrogens (primary N) is 1. The van der Waals surface area contributed by atoms with E-state index in [1.807, 2.05) is 32.4 Å². The predicted molar refractivity (Wildman–Crippen MR) is 148 cm³/mol. The molecule has 1 aromatic rings. The van der Waals surface area contributed by atoms with E-state index < -0.39 is 37.4 Å². The van der Waals surface area contributed by atoms with Crippen LogP contribution in [0.15, 0.2) is 45.3 Å². The highest BCUT2D eigenvalue weighted by molar-refractivity contribution is 7.56. The van der Waals surface area contributed by atoms with Gasteiger partial charge in [-0.2, -0.15) is 5.26 Å². The fraction of sp³-hybridized carbons (Fsp3) is 0.577. The van der Waals surface area contributed by atoms with E-state index >= 15 is 0 Å². The van der Waals surface area contributed by atoms with Crippen molar-refractivity contribution in [3.8, 4) is 6.07 Å². The van der Waals surface area contributed by atoms with E-state index in [2.05, 4.69) is 21.0 Å². The Kier molecular flexibility index (Phi) is 8.81. The highest BCUT2D eigenvalue weighted by Crippen LogP contribution is 2.56. The first-order chi connectivity index (χ1) is 18.6. The number of ketones is 1. The topological polar surface area (TPSA) is 166 Å². The summed E-state index contributed by atoms with van der Waals surface area (Å²) in [5.74, 6) is -0.0483. The molecule has 0 saturated carbocycles. The molecule has 3 aliphatic rings. The van der Waals surface area contributed by atoms with E-state index in [1.54, 1.807) is 35.2 Å². The van der Waals surface area contributed by atoms with Gasteiger partial charge in [0.2, 0.25) is 11.4 Å². The third-order valence-electron chi connectivity index (χ3n) is 6.97. The molecule has 4 rings (SSSR count). The van der Waals surface area contributed by atoms with Gasteiger partial charge < -0.3 is 19.3 Å². The van der Waals surface area contributed by atoms with Crippen molar-refractivity contribution in [3.05, 3.63) is 35.9 Å². The Morgan fingerprint density at radius 1 is 1.33 bits per heavy atom. The van der Waals surface area contributed by atoms with Crippen molar-refractivity contribution in [1.82, 2.24) is 9.57 Å². The number of fused-ring (bicyclic) bond motifs is 1. The van der Waals surface area contributed by atoms with Gasteiger partial charge in [0, 0.05) is 30.5 Å². The molecule has 0 amide bonds. The zero-order chi connectivity index (χ0) is 28.4. The van der Waals surface area contributed by atoms with Crippen molar-refractivity contribution in [2.45, 2.75) is 76.7 Å². The minimum atomic E-state index is -3.46. The molecule has 39 heavy (non-hydrogen) atoms. The SMILES string of the molecule is CC(C)N(C(C)C)P(=O)(CCC#N)O[C@H]1C[C@H](N2CN=C3C2=NC=NC3(N)C(=O)c2ccccc2)O[C@@H]1CO. The van der Waals surface area contributed by atoms with Gasteiger partial charge in [-0.25, -0.2) is 14.7 Å². The largest absolute Gasteiger partial charge is 0.394 e. The Labute approximate surface area is 228 Å². The van der Waals surface area contributed by atoms with Crippen LogP contribution >= 0.6 is 7.52 Å². The molecule has 3 aliphatic heterocycles. The van der Waals surface area contributed by atoms with Crippen molar-refractivity contribution < 1.29 is 23.7 Å². The van der Waals surface area contributed by atoms with Crippen LogP contribution in [0.2, 0.25) is 0 Å². The molecule has 0 aliphatic carbocycles. The lowest BCUT2D eigenvalue weighted by atomic mass is 9.93. The maximum absolute atomic E-state index is 14.2. The van der Waals surface area contributed by atoms with Gasteiger partial charge >= 0.3 is 0 Å². The van der Waals surface area contributed by atoms with Gasteiger partial charge in [-0.1, -0.05) is 30.3 Å².